The van der Waals surface area contributed by atoms with Crippen molar-refractivity contribution in [3.05, 3.63) is 35.9 Å². The van der Waals surface area contributed by atoms with E-state index in [4.69, 9.17) is 0 Å². The molecule has 0 spiro atoms. The van der Waals surface area contributed by atoms with E-state index in [-0.39, 0.29) is 23.6 Å². The Morgan fingerprint density at radius 1 is 1.21 bits per heavy atom. The monoisotopic (exact) mass is 291 g/mol. The zero-order valence-electron chi connectivity index (χ0n) is 11.0. The van der Waals surface area contributed by atoms with Crippen molar-refractivity contribution >= 4 is 11.8 Å². The van der Waals surface area contributed by atoms with E-state index in [1.807, 2.05) is 30.3 Å². The molecule has 1 N–H and O–H groups in total. The molecule has 1 rings (SSSR count). The summed E-state index contributed by atoms with van der Waals surface area (Å²) in [6.45, 7) is 2.96. The van der Waals surface area contributed by atoms with Crippen LogP contribution in [0.1, 0.15) is 37.8 Å². The third kappa shape index (κ3) is 7.47. The van der Waals surface area contributed by atoms with Gasteiger partial charge in [-0.2, -0.15) is 13.2 Å². The molecule has 1 unspecified atom stereocenters. The van der Waals surface area contributed by atoms with Crippen LogP contribution in [0.4, 0.5) is 13.2 Å². The number of benzene rings is 1. The molecule has 0 fully saturated rings. The lowest BCUT2D eigenvalue weighted by Gasteiger charge is -2.19. The van der Waals surface area contributed by atoms with Crippen molar-refractivity contribution in [2.24, 2.45) is 0 Å². The molecule has 0 amide bonds. The predicted molar refractivity (Wildman–Crippen MR) is 75.2 cm³/mol. The first-order chi connectivity index (χ1) is 9.03. The van der Waals surface area contributed by atoms with E-state index in [1.54, 1.807) is 0 Å². The fourth-order valence-electron chi connectivity index (χ4n) is 1.87. The van der Waals surface area contributed by atoms with E-state index in [1.165, 1.54) is 0 Å². The Morgan fingerprint density at radius 2 is 1.89 bits per heavy atom. The van der Waals surface area contributed by atoms with Crippen LogP contribution in [0.5, 0.6) is 0 Å². The van der Waals surface area contributed by atoms with Crippen LogP contribution in [0.25, 0.3) is 0 Å². The van der Waals surface area contributed by atoms with Crippen LogP contribution >= 0.6 is 11.8 Å². The molecule has 0 saturated heterocycles. The summed E-state index contributed by atoms with van der Waals surface area (Å²) >= 11 is 0.0668. The van der Waals surface area contributed by atoms with E-state index < -0.39 is 5.51 Å². The number of nitrogens with one attached hydrogen (secondary N) is 1. The summed E-state index contributed by atoms with van der Waals surface area (Å²) in [5, 5.41) is 3.39. The number of thioether (sulfide) groups is 1. The number of hydrogen-bond acceptors (Lipinski definition) is 2. The smallest absolute Gasteiger partial charge is 0.310 e. The largest absolute Gasteiger partial charge is 0.441 e. The Balaban J connectivity index is 2.42. The molecule has 0 aliphatic carbocycles. The molecule has 0 heterocycles. The zero-order valence-corrected chi connectivity index (χ0v) is 11.9. The summed E-state index contributed by atoms with van der Waals surface area (Å²) in [7, 11) is 0. The molecule has 5 heteroatoms. The van der Waals surface area contributed by atoms with E-state index >= 15 is 0 Å². The highest BCUT2D eigenvalue weighted by Gasteiger charge is 2.27. The highest BCUT2D eigenvalue weighted by atomic mass is 32.2. The average molecular weight is 291 g/mol. The van der Waals surface area contributed by atoms with Crippen molar-refractivity contribution < 1.29 is 13.2 Å². The second kappa shape index (κ2) is 8.48. The van der Waals surface area contributed by atoms with Crippen LogP contribution in [0, 0.1) is 0 Å². The van der Waals surface area contributed by atoms with Crippen molar-refractivity contribution in [2.75, 3.05) is 12.3 Å². The van der Waals surface area contributed by atoms with E-state index in [0.717, 1.165) is 24.9 Å². The highest BCUT2D eigenvalue weighted by molar-refractivity contribution is 8.00. The normalized spacial score (nSPS) is 13.5. The Kier molecular flexibility index (Phi) is 7.31. The third-order valence-electron chi connectivity index (χ3n) is 2.75. The minimum atomic E-state index is -4.11. The molecule has 0 aliphatic heterocycles. The Labute approximate surface area is 117 Å². The first-order valence-corrected chi connectivity index (χ1v) is 7.50. The standard InChI is InChI=1S/C14H20F3NS/c1-2-10-18-13(12-7-4-3-5-8-12)9-6-11-19-14(15,16)17/h3-5,7-8,13,18H,2,6,9-11H2,1H3. The summed E-state index contributed by atoms with van der Waals surface area (Å²) in [5.74, 6) is 0.126. The number of halogens is 3. The fourth-order valence-corrected chi connectivity index (χ4v) is 2.41. The number of alkyl halides is 3. The van der Waals surface area contributed by atoms with Gasteiger partial charge in [-0.3, -0.25) is 0 Å². The third-order valence-corrected chi connectivity index (χ3v) is 3.57. The molecule has 0 aliphatic rings. The fraction of sp³-hybridized carbons (Fsp3) is 0.571. The lowest BCUT2D eigenvalue weighted by molar-refractivity contribution is -0.0328. The van der Waals surface area contributed by atoms with E-state index in [0.29, 0.717) is 6.42 Å². The molecule has 1 aromatic carbocycles. The minimum Gasteiger partial charge on any atom is -0.310 e. The summed E-state index contributed by atoms with van der Waals surface area (Å²) in [5.41, 5.74) is -2.97. The molecule has 19 heavy (non-hydrogen) atoms. The predicted octanol–water partition coefficient (Wildman–Crippen LogP) is 4.76. The SMILES string of the molecule is CCCNC(CCCSC(F)(F)F)c1ccccc1. The van der Waals surface area contributed by atoms with Gasteiger partial charge in [0.2, 0.25) is 0 Å². The molecule has 0 bridgehead atoms. The lowest BCUT2D eigenvalue weighted by atomic mass is 10.0. The van der Waals surface area contributed by atoms with Gasteiger partial charge in [0.1, 0.15) is 0 Å². The maximum atomic E-state index is 12.1. The molecular formula is C14H20F3NS. The van der Waals surface area contributed by atoms with Gasteiger partial charge in [0.05, 0.1) is 0 Å². The van der Waals surface area contributed by atoms with Gasteiger partial charge in [0.15, 0.2) is 0 Å². The Hall–Kier alpha value is -0.680. The quantitative estimate of drug-likeness (QED) is 0.693. The van der Waals surface area contributed by atoms with Crippen LogP contribution in [-0.2, 0) is 0 Å². The minimum absolute atomic E-state index is 0.0668. The van der Waals surface area contributed by atoms with Gasteiger partial charge < -0.3 is 5.32 Å². The number of hydrogen-bond donors (Lipinski definition) is 1. The van der Waals surface area contributed by atoms with Gasteiger partial charge in [-0.15, -0.1) is 0 Å². The number of rotatable bonds is 8. The Bertz CT molecular complexity index is 340. The van der Waals surface area contributed by atoms with Crippen LogP contribution in [0.3, 0.4) is 0 Å². The summed E-state index contributed by atoms with van der Waals surface area (Å²) in [6, 6.07) is 10.0. The summed E-state index contributed by atoms with van der Waals surface area (Å²) in [4.78, 5) is 0. The van der Waals surface area contributed by atoms with Crippen molar-refractivity contribution in [1.82, 2.24) is 5.32 Å². The van der Waals surface area contributed by atoms with Gasteiger partial charge in [-0.05, 0) is 31.4 Å². The van der Waals surface area contributed by atoms with Crippen molar-refractivity contribution in [3.8, 4) is 0 Å². The average Bonchev–Trinajstić information content (AvgIpc) is 2.38. The van der Waals surface area contributed by atoms with Crippen molar-refractivity contribution in [3.63, 3.8) is 0 Å². The second-order valence-electron chi connectivity index (χ2n) is 4.35. The molecule has 0 saturated carbocycles. The summed E-state index contributed by atoms with van der Waals surface area (Å²) in [6.07, 6.45) is 2.30. The van der Waals surface area contributed by atoms with Crippen molar-refractivity contribution in [1.29, 1.82) is 0 Å². The van der Waals surface area contributed by atoms with Gasteiger partial charge in [-0.25, -0.2) is 0 Å². The van der Waals surface area contributed by atoms with Gasteiger partial charge in [0.25, 0.3) is 0 Å². The Morgan fingerprint density at radius 3 is 2.47 bits per heavy atom. The second-order valence-corrected chi connectivity index (χ2v) is 5.51. The van der Waals surface area contributed by atoms with Gasteiger partial charge in [-0.1, -0.05) is 49.0 Å². The van der Waals surface area contributed by atoms with Gasteiger partial charge >= 0.3 is 5.51 Å². The molecule has 1 atom stereocenters. The van der Waals surface area contributed by atoms with Crippen LogP contribution in [0.15, 0.2) is 30.3 Å². The first kappa shape index (κ1) is 16.4. The molecular weight excluding hydrogens is 271 g/mol. The van der Waals surface area contributed by atoms with Crippen LogP contribution < -0.4 is 5.32 Å². The van der Waals surface area contributed by atoms with E-state index in [2.05, 4.69) is 12.2 Å². The van der Waals surface area contributed by atoms with E-state index in [9.17, 15) is 13.2 Å². The molecule has 0 radical (unpaired) electrons. The lowest BCUT2D eigenvalue weighted by Crippen LogP contribution is -2.22. The van der Waals surface area contributed by atoms with Crippen molar-refractivity contribution in [2.45, 2.75) is 37.7 Å². The molecule has 1 nitrogen and oxygen atoms in total. The highest BCUT2D eigenvalue weighted by Crippen LogP contribution is 2.31. The maximum absolute atomic E-state index is 12.1. The maximum Gasteiger partial charge on any atom is 0.441 e. The topological polar surface area (TPSA) is 12.0 Å². The summed E-state index contributed by atoms with van der Waals surface area (Å²) < 4.78 is 36.2. The zero-order chi connectivity index (χ0) is 14.1. The molecule has 0 aromatic heterocycles. The molecule has 1 aromatic rings. The molecule has 108 valence electrons. The van der Waals surface area contributed by atoms with Gasteiger partial charge in [0, 0.05) is 11.8 Å². The first-order valence-electron chi connectivity index (χ1n) is 6.52. The van der Waals surface area contributed by atoms with Crippen LogP contribution in [-0.4, -0.2) is 17.8 Å². The van der Waals surface area contributed by atoms with Crippen LogP contribution in [0.2, 0.25) is 0 Å².